The van der Waals surface area contributed by atoms with E-state index in [2.05, 4.69) is 407 Å². The van der Waals surface area contributed by atoms with Crippen LogP contribution in [-0.2, 0) is 0 Å². The third kappa shape index (κ3) is 9.83. The molecule has 0 spiro atoms. The van der Waals surface area contributed by atoms with E-state index >= 15 is 0 Å². The number of hydrogen-bond acceptors (Lipinski definition) is 2. The van der Waals surface area contributed by atoms with Crippen molar-refractivity contribution in [3.05, 3.63) is 388 Å². The molecule has 4 nitrogen and oxygen atoms in total. The van der Waals surface area contributed by atoms with Gasteiger partial charge in [-0.05, 0) is 193 Å². The summed E-state index contributed by atoms with van der Waals surface area (Å²) in [5.74, 6) is 0. The van der Waals surface area contributed by atoms with Crippen LogP contribution in [0.4, 0.5) is 0 Å². The van der Waals surface area contributed by atoms with Crippen molar-refractivity contribution in [2.75, 3.05) is 0 Å². The van der Waals surface area contributed by atoms with Gasteiger partial charge in [-0.1, -0.05) is 261 Å². The molecule has 0 aliphatic heterocycles. The van der Waals surface area contributed by atoms with Gasteiger partial charge in [0.1, 0.15) is 0 Å². The fourth-order valence-corrected chi connectivity index (χ4v) is 20.3. The van der Waals surface area contributed by atoms with Crippen molar-refractivity contribution < 1.29 is 0 Å². The highest BCUT2D eigenvalue weighted by Gasteiger charge is 2.23. The lowest BCUT2D eigenvalue weighted by atomic mass is 10.00. The summed E-state index contributed by atoms with van der Waals surface area (Å²) in [6, 6.07) is 143. The molecule has 0 fully saturated rings. The normalized spacial score (nSPS) is 12.0. The van der Waals surface area contributed by atoms with E-state index in [0.717, 1.165) is 11.4 Å². The van der Waals surface area contributed by atoms with Gasteiger partial charge in [0.25, 0.3) is 0 Å². The molecular weight excluding hydrogens is 1370 g/mol. The summed E-state index contributed by atoms with van der Waals surface area (Å²) >= 11 is 3.80. The SMILES string of the molecule is c1ccc(-c2ccc(-n3c4ccccc4c4cc(-c5ccc6c(c5)c5c7sc8ccccc8c7ccc5n6-c5ccc6ccccc6c5)ccc43)cc2)cc1.c1ccc(-c2ccc(-n3c4ccccc4c4cc(-c5ccc6c(c5)c5ccc7c8ccccc8sc7c5n6-c5ccc6ccccc6c5)ccc43)cc2)cc1. The van der Waals surface area contributed by atoms with Crippen molar-refractivity contribution >= 4 is 172 Å². The van der Waals surface area contributed by atoms with Gasteiger partial charge in [0.15, 0.2) is 0 Å². The van der Waals surface area contributed by atoms with Gasteiger partial charge in [0, 0.05) is 101 Å². The van der Waals surface area contributed by atoms with Crippen LogP contribution in [0, 0.1) is 0 Å². The molecule has 512 valence electrons. The highest BCUT2D eigenvalue weighted by Crippen LogP contribution is 2.48. The van der Waals surface area contributed by atoms with E-state index in [0.29, 0.717) is 0 Å². The molecule has 6 heterocycles. The molecule has 0 aliphatic rings. The van der Waals surface area contributed by atoms with Crippen molar-refractivity contribution in [3.8, 4) is 67.3 Å². The van der Waals surface area contributed by atoms with E-state index in [1.807, 2.05) is 22.7 Å². The summed E-state index contributed by atoms with van der Waals surface area (Å²) < 4.78 is 15.1. The smallest absolute Gasteiger partial charge is 0.0719 e. The summed E-state index contributed by atoms with van der Waals surface area (Å²) in [5, 5.41) is 20.4. The first-order valence-corrected chi connectivity index (χ1v) is 39.3. The molecule has 24 rings (SSSR count). The van der Waals surface area contributed by atoms with Gasteiger partial charge in [-0.3, -0.25) is 0 Å². The molecule has 6 heteroatoms. The molecule has 0 radical (unpaired) electrons. The van der Waals surface area contributed by atoms with Crippen molar-refractivity contribution in [2.24, 2.45) is 0 Å². The lowest BCUT2D eigenvalue weighted by Gasteiger charge is -2.11. The van der Waals surface area contributed by atoms with Gasteiger partial charge in [-0.25, -0.2) is 0 Å². The summed E-state index contributed by atoms with van der Waals surface area (Å²) in [5.41, 5.74) is 24.2. The lowest BCUT2D eigenvalue weighted by molar-refractivity contribution is 1.18. The zero-order valence-corrected chi connectivity index (χ0v) is 61.2. The standard InChI is InChI=1S/2C52H32N2S/c1-2-10-33(11-3-1)35-18-23-39(24-19-35)53-47-16-8-6-14-41(47)45-31-37(21-28-48(45)53)38-22-29-49-46(32-38)43-26-27-44-42-15-7-9-17-50(42)55-52(44)51(43)54(49)40-25-20-34-12-4-5-13-36(34)30-40;1-2-10-33(11-3-1)35-18-23-39(24-19-35)53-46-16-8-6-14-41(46)44-31-37(21-27-47(44)53)38-22-28-48-45(32-38)51-49(29-26-43-42-15-7-9-17-50(42)55-52(43)51)54(48)40-25-20-34-12-4-5-13-36(34)30-40/h2*1-32H. The Morgan fingerprint density at radius 2 is 0.491 bits per heavy atom. The Kier molecular flexibility index (Phi) is 14.1. The van der Waals surface area contributed by atoms with Gasteiger partial charge in [0.2, 0.25) is 0 Å². The van der Waals surface area contributed by atoms with Crippen molar-refractivity contribution in [1.82, 2.24) is 18.3 Å². The van der Waals surface area contributed by atoms with Crippen LogP contribution < -0.4 is 0 Å². The van der Waals surface area contributed by atoms with Gasteiger partial charge >= 0.3 is 0 Å². The van der Waals surface area contributed by atoms with Crippen LogP contribution in [0.1, 0.15) is 0 Å². The first-order valence-electron chi connectivity index (χ1n) is 37.7. The molecule has 0 saturated carbocycles. The Bertz CT molecular complexity index is 7870. The second kappa shape index (κ2) is 24.9. The molecular formula is C104H64N4S2. The van der Waals surface area contributed by atoms with E-state index in [1.54, 1.807) is 0 Å². The van der Waals surface area contributed by atoms with Gasteiger partial charge in [-0.15, -0.1) is 22.7 Å². The molecule has 0 saturated heterocycles. The summed E-state index contributed by atoms with van der Waals surface area (Å²) in [4.78, 5) is 0. The number of para-hydroxylation sites is 2. The number of benzene rings is 18. The van der Waals surface area contributed by atoms with Gasteiger partial charge < -0.3 is 18.3 Å². The molecule has 0 N–H and O–H groups in total. The summed E-state index contributed by atoms with van der Waals surface area (Å²) in [6.07, 6.45) is 0. The second-order valence-corrected chi connectivity index (χ2v) is 31.2. The second-order valence-electron chi connectivity index (χ2n) is 29.1. The Labute approximate surface area is 640 Å². The fourth-order valence-electron chi connectivity index (χ4n) is 17.8. The zero-order valence-electron chi connectivity index (χ0n) is 59.6. The van der Waals surface area contributed by atoms with E-state index in [1.165, 1.54) is 205 Å². The lowest BCUT2D eigenvalue weighted by Crippen LogP contribution is -1.94. The Balaban J connectivity index is 0.000000132. The number of thiophene rings is 2. The Hall–Kier alpha value is -13.9. The molecule has 0 bridgehead atoms. The molecule has 0 unspecified atom stereocenters. The Morgan fingerprint density at radius 1 is 0.164 bits per heavy atom. The van der Waals surface area contributed by atoms with Crippen LogP contribution in [0.15, 0.2) is 388 Å². The number of rotatable bonds is 8. The first-order chi connectivity index (χ1) is 54.5. The van der Waals surface area contributed by atoms with E-state index < -0.39 is 0 Å². The van der Waals surface area contributed by atoms with Crippen molar-refractivity contribution in [2.45, 2.75) is 0 Å². The van der Waals surface area contributed by atoms with E-state index in [9.17, 15) is 0 Å². The number of fused-ring (bicyclic) bond motifs is 22. The number of aromatic nitrogens is 4. The topological polar surface area (TPSA) is 19.7 Å². The van der Waals surface area contributed by atoms with Gasteiger partial charge in [0.05, 0.1) is 48.8 Å². The first kappa shape index (κ1) is 62.3. The van der Waals surface area contributed by atoms with Crippen LogP contribution in [0.2, 0.25) is 0 Å². The van der Waals surface area contributed by atoms with Crippen LogP contribution in [0.25, 0.3) is 216 Å². The maximum Gasteiger partial charge on any atom is 0.0719 e. The molecule has 110 heavy (non-hydrogen) atoms. The minimum Gasteiger partial charge on any atom is -0.309 e. The maximum absolute atomic E-state index is 2.50. The Morgan fingerprint density at radius 3 is 1.01 bits per heavy atom. The predicted octanol–water partition coefficient (Wildman–Crippen LogP) is 29.5. The molecule has 24 aromatic rings. The summed E-state index contributed by atoms with van der Waals surface area (Å²) in [7, 11) is 0. The van der Waals surface area contributed by atoms with Crippen LogP contribution in [0.5, 0.6) is 0 Å². The van der Waals surface area contributed by atoms with Crippen LogP contribution in [-0.4, -0.2) is 18.3 Å². The predicted molar refractivity (Wildman–Crippen MR) is 473 cm³/mol. The molecule has 0 atom stereocenters. The van der Waals surface area contributed by atoms with E-state index in [-0.39, 0.29) is 0 Å². The minimum absolute atomic E-state index is 1.16. The molecule has 6 aromatic heterocycles. The molecule has 18 aromatic carbocycles. The monoisotopic (exact) mass is 1430 g/mol. The third-order valence-corrected chi connectivity index (χ3v) is 25.4. The van der Waals surface area contributed by atoms with Gasteiger partial charge in [-0.2, -0.15) is 0 Å². The quantitative estimate of drug-likeness (QED) is 0.144. The average Bonchev–Trinajstić information content (AvgIpc) is 1.57. The highest BCUT2D eigenvalue weighted by atomic mass is 32.1. The van der Waals surface area contributed by atoms with Crippen molar-refractivity contribution in [1.29, 1.82) is 0 Å². The molecule has 0 aliphatic carbocycles. The number of hydrogen-bond donors (Lipinski definition) is 0. The average molecular weight is 1430 g/mol. The minimum atomic E-state index is 1.16. The summed E-state index contributed by atoms with van der Waals surface area (Å²) in [6.45, 7) is 0. The largest absolute Gasteiger partial charge is 0.309 e. The fraction of sp³-hybridized carbons (Fsp3) is 0. The zero-order chi connectivity index (χ0) is 72.1. The van der Waals surface area contributed by atoms with Crippen LogP contribution in [0.3, 0.4) is 0 Å². The molecule has 0 amide bonds. The highest BCUT2D eigenvalue weighted by molar-refractivity contribution is 7.27. The van der Waals surface area contributed by atoms with E-state index in [4.69, 9.17) is 0 Å². The maximum atomic E-state index is 2.50. The van der Waals surface area contributed by atoms with Crippen molar-refractivity contribution in [3.63, 3.8) is 0 Å². The van der Waals surface area contributed by atoms with Crippen LogP contribution >= 0.6 is 22.7 Å². The third-order valence-electron chi connectivity index (χ3n) is 23.0. The number of nitrogens with zero attached hydrogens (tertiary/aromatic N) is 4.